The summed E-state index contributed by atoms with van der Waals surface area (Å²) in [4.78, 5) is 45.0. The number of rotatable bonds is 14. The van der Waals surface area contributed by atoms with Crippen molar-refractivity contribution < 1.29 is 149 Å². The second-order valence-electron chi connectivity index (χ2n) is 13.8. The number of pyridine rings is 1. The maximum atomic E-state index is 14.7. The van der Waals surface area contributed by atoms with Crippen LogP contribution in [-0.2, 0) is 45.9 Å². The van der Waals surface area contributed by atoms with Gasteiger partial charge in [0.25, 0.3) is 15.6 Å². The molecule has 2 aliphatic rings. The fourth-order valence-electron chi connectivity index (χ4n) is 7.29. The number of hydrogen-bond acceptors (Lipinski definition) is 23. The number of anilines is 6. The molecule has 30 heteroatoms. The number of ketones is 1. The number of aliphatic imine (C=N–C) groups is 1. The predicted molar refractivity (Wildman–Crippen MR) is 229 cm³/mol. The number of carbonyl (C=O) groups is 1. The molecule has 5 aromatic carbocycles. The molecule has 0 radical (unpaired) electrons. The first kappa shape index (κ1) is 54.3. The van der Waals surface area contributed by atoms with E-state index < -0.39 is 42.4 Å². The van der Waals surface area contributed by atoms with Crippen LogP contribution >= 0.6 is 24.1 Å². The van der Waals surface area contributed by atoms with Crippen LogP contribution in [0, 0.1) is 0 Å². The van der Waals surface area contributed by atoms with Crippen LogP contribution in [0.4, 0.5) is 40.3 Å². The standard InChI is InChI=1S/C39H27N9O14S4.3Na/c1-48-26-13-12-23(31-32(26)30(20-6-2-3-7-21(20)34(31)49)33(36(48)50)35-42-22-8-4-5-9-29(22)65(54,55)47-35)41-24-16-18(10-14-27(24)63-61-59-52)40-37-44-38(46-39(51)45-37)43-25-17-19(66(56,57)58)11-15-28(25)64-62-60-53;;;/h2-17,41,52-53H,1H3,(H,42,47)(H,56,57,58)(H3,40,43,44,45,46,51);;;/q;3*+1/p-3. The van der Waals surface area contributed by atoms with Crippen LogP contribution in [-0.4, -0.2) is 57.6 Å². The molecule has 0 saturated carbocycles. The fourth-order valence-corrected chi connectivity index (χ4v) is 9.80. The molecule has 1 aliphatic carbocycles. The average Bonchev–Trinajstić information content (AvgIpc) is 3.28. The van der Waals surface area contributed by atoms with E-state index in [0.717, 1.165) is 18.2 Å². The van der Waals surface area contributed by atoms with Gasteiger partial charge in [-0.1, -0.05) is 36.4 Å². The number of para-hydroxylation sites is 1. The van der Waals surface area contributed by atoms with Crippen molar-refractivity contribution in [1.82, 2.24) is 24.2 Å². The Balaban J connectivity index is 0.00000261. The Morgan fingerprint density at radius 1 is 0.725 bits per heavy atom. The second-order valence-corrected chi connectivity index (χ2v) is 18.3. The van der Waals surface area contributed by atoms with Gasteiger partial charge in [-0.15, -0.1) is 0 Å². The molecule has 9 rings (SSSR count). The van der Waals surface area contributed by atoms with Crippen LogP contribution in [0.25, 0.3) is 22.0 Å². The Hall–Kier alpha value is -4.02. The first-order valence-corrected chi connectivity index (χ1v) is 22.8. The molecular weight excluding hydrogens is 1020 g/mol. The molecule has 2 aromatic heterocycles. The van der Waals surface area contributed by atoms with E-state index in [-0.39, 0.29) is 177 Å². The van der Waals surface area contributed by atoms with E-state index >= 15 is 0 Å². The smallest absolute Gasteiger partial charge is 0.744 e. The number of fused-ring (bicyclic) bond motifs is 3. The van der Waals surface area contributed by atoms with E-state index in [9.17, 15) is 46.6 Å². The van der Waals surface area contributed by atoms with Crippen molar-refractivity contribution in [3.8, 4) is 17.1 Å². The molecular formula is C39H24N9Na3O14S4. The second kappa shape index (κ2) is 22.2. The molecule has 336 valence electrons. The molecule has 0 saturated heterocycles. The first-order chi connectivity index (χ1) is 31.6. The van der Waals surface area contributed by atoms with Crippen LogP contribution < -0.4 is 125 Å². The Morgan fingerprint density at radius 3 is 2.03 bits per heavy atom. The van der Waals surface area contributed by atoms with E-state index in [1.165, 1.54) is 41.9 Å². The number of nitrogens with one attached hydrogen (secondary N) is 4. The number of aromatic nitrogens is 4. The van der Waals surface area contributed by atoms with Crippen molar-refractivity contribution in [2.75, 3.05) is 16.0 Å². The van der Waals surface area contributed by atoms with Crippen LogP contribution in [0.1, 0.15) is 21.5 Å². The van der Waals surface area contributed by atoms with Crippen LogP contribution in [0.2, 0.25) is 0 Å². The third kappa shape index (κ3) is 10.9. The number of benzene rings is 5. The molecule has 0 fully saturated rings. The van der Waals surface area contributed by atoms with Crippen molar-refractivity contribution in [2.24, 2.45) is 12.0 Å². The zero-order valence-corrected chi connectivity index (χ0v) is 45.1. The normalized spacial score (nSPS) is 13.0. The van der Waals surface area contributed by atoms with E-state index in [1.807, 2.05) is 0 Å². The van der Waals surface area contributed by atoms with E-state index in [1.54, 1.807) is 48.5 Å². The number of aromatic hydroxyl groups is 1. The molecule has 1 aliphatic heterocycles. The summed E-state index contributed by atoms with van der Waals surface area (Å²) in [6.07, 6.45) is 0. The maximum absolute atomic E-state index is 14.7. The monoisotopic (exact) mass is 1040 g/mol. The molecule has 69 heavy (non-hydrogen) atoms. The number of nitrogens with zero attached hydrogens (tertiary/aromatic N) is 5. The minimum atomic E-state index is -4.95. The Kier molecular flexibility index (Phi) is 17.5. The van der Waals surface area contributed by atoms with Gasteiger partial charge in [0.1, 0.15) is 15.0 Å². The molecule has 7 aromatic rings. The molecule has 0 bridgehead atoms. The maximum Gasteiger partial charge on any atom is 1.00 e. The zero-order chi connectivity index (χ0) is 46.5. The minimum Gasteiger partial charge on any atom is -0.744 e. The number of aryl methyl sites for hydroxylation is 1. The van der Waals surface area contributed by atoms with Crippen molar-refractivity contribution in [1.29, 1.82) is 0 Å². The van der Waals surface area contributed by atoms with Crippen LogP contribution in [0.5, 0.6) is 6.01 Å². The van der Waals surface area contributed by atoms with Crippen LogP contribution in [0.3, 0.4) is 0 Å². The first-order valence-electron chi connectivity index (χ1n) is 18.5. The van der Waals surface area contributed by atoms with E-state index in [2.05, 4.69) is 59.4 Å². The van der Waals surface area contributed by atoms with Gasteiger partial charge in [-0.3, -0.25) is 24.4 Å². The predicted octanol–water partition coefficient (Wildman–Crippen LogP) is -5.38. The van der Waals surface area contributed by atoms with Gasteiger partial charge in [0.2, 0.25) is 11.9 Å². The Bertz CT molecular complexity index is 3520. The molecule has 0 spiro atoms. The van der Waals surface area contributed by atoms with Gasteiger partial charge in [-0.25, -0.2) is 21.8 Å². The Morgan fingerprint density at radius 2 is 1.35 bits per heavy atom. The largest absolute Gasteiger partial charge is 1.00 e. The molecule has 0 atom stereocenters. The van der Waals surface area contributed by atoms with Crippen LogP contribution in [0.15, 0.2) is 126 Å². The van der Waals surface area contributed by atoms with E-state index in [4.69, 9.17) is 0 Å². The third-order valence-electron chi connectivity index (χ3n) is 10.0. The average molecular weight is 1040 g/mol. The third-order valence-corrected chi connectivity index (χ3v) is 13.5. The van der Waals surface area contributed by atoms with Gasteiger partial charge < -0.3 is 40.7 Å². The number of sulfonamides is 1. The molecule has 0 amide bonds. The zero-order valence-electron chi connectivity index (χ0n) is 35.9. The number of carbonyl (C=O) groups excluding carboxylic acids is 1. The van der Waals surface area contributed by atoms with Gasteiger partial charge in [0, 0.05) is 29.2 Å². The summed E-state index contributed by atoms with van der Waals surface area (Å²) in [7, 11) is -7.66. The van der Waals surface area contributed by atoms with Crippen molar-refractivity contribution in [3.05, 3.63) is 124 Å². The van der Waals surface area contributed by atoms with Crippen molar-refractivity contribution in [2.45, 2.75) is 19.6 Å². The summed E-state index contributed by atoms with van der Waals surface area (Å²) in [5.41, 5.74) is 1.05. The molecule has 3 heterocycles. The van der Waals surface area contributed by atoms with Gasteiger partial charge in [0.15, 0.2) is 11.6 Å². The molecule has 0 unspecified atom stereocenters. The number of hydrogen-bond donors (Lipinski definition) is 5. The van der Waals surface area contributed by atoms with Gasteiger partial charge in [0.05, 0.1) is 78.2 Å². The Labute approximate surface area is 464 Å². The topological polar surface area (TPSA) is 333 Å². The summed E-state index contributed by atoms with van der Waals surface area (Å²) in [5.74, 6) is -1.37. The van der Waals surface area contributed by atoms with Crippen molar-refractivity contribution in [3.63, 3.8) is 0 Å². The number of amidine groups is 1. The van der Waals surface area contributed by atoms with Gasteiger partial charge in [-0.2, -0.15) is 23.6 Å². The van der Waals surface area contributed by atoms with Gasteiger partial charge in [-0.05, 0) is 66.2 Å². The summed E-state index contributed by atoms with van der Waals surface area (Å²) < 4.78 is 75.0. The summed E-state index contributed by atoms with van der Waals surface area (Å²) >= 11 is 0.866. The van der Waals surface area contributed by atoms with Gasteiger partial charge >= 0.3 is 94.7 Å². The fraction of sp³-hybridized carbons (Fsp3) is 0.0256. The molecule has 23 nitrogen and oxygen atoms in total. The summed E-state index contributed by atoms with van der Waals surface area (Å²) in [5, 5.41) is 47.9. The van der Waals surface area contributed by atoms with Crippen molar-refractivity contribution >= 4 is 107 Å². The van der Waals surface area contributed by atoms with E-state index in [0.29, 0.717) is 35.2 Å². The summed E-state index contributed by atoms with van der Waals surface area (Å²) in [6.45, 7) is 0. The minimum absolute atomic E-state index is 0. The summed E-state index contributed by atoms with van der Waals surface area (Å²) in [6, 6.07) is 22.4. The molecule has 5 N–H and O–H groups in total. The SMILES string of the molecule is Cn1c(=O)c(C2=Nc3ccccc3S(=O)(=O)N2)c2c3c(c(Nc4cc(Nc5nc(O)nc(Nc6cc(S(=O)(=O)[O-])ccc6SOO[O-])n5)ccc4SOO[O-])ccc31)C(=O)c1ccccc1-2.[Na+].[Na+].[Na+]. The quantitative estimate of drug-likeness (QED) is 0.0223.